The number of benzene rings is 2. The van der Waals surface area contributed by atoms with Crippen LogP contribution in [0, 0.1) is 6.92 Å². The van der Waals surface area contributed by atoms with Crippen molar-refractivity contribution in [1.29, 1.82) is 0 Å². The second-order valence-corrected chi connectivity index (χ2v) is 7.89. The Morgan fingerprint density at radius 2 is 1.96 bits per heavy atom. The van der Waals surface area contributed by atoms with Gasteiger partial charge in [-0.3, -0.25) is 0 Å². The highest BCUT2D eigenvalue weighted by Gasteiger charge is 2.32. The second kappa shape index (κ2) is 6.61. The van der Waals surface area contributed by atoms with Gasteiger partial charge in [0.2, 0.25) is 10.0 Å². The van der Waals surface area contributed by atoms with Crippen LogP contribution in [0.15, 0.2) is 53.4 Å². The quantitative estimate of drug-likeness (QED) is 0.851. The van der Waals surface area contributed by atoms with Crippen molar-refractivity contribution >= 4 is 21.6 Å². The summed E-state index contributed by atoms with van der Waals surface area (Å²) in [7, 11) is -3.52. The van der Waals surface area contributed by atoms with Crippen molar-refractivity contribution in [2.45, 2.75) is 17.9 Å². The average molecular weight is 352 g/mol. The fraction of sp³-hybridized carbons (Fsp3) is 0.294. The first kappa shape index (κ1) is 16.5. The summed E-state index contributed by atoms with van der Waals surface area (Å²) in [5.74, 6) is 0. The average Bonchev–Trinajstić information content (AvgIpc) is 2.55. The minimum atomic E-state index is -3.52. The minimum absolute atomic E-state index is 0.289. The van der Waals surface area contributed by atoms with Gasteiger partial charge in [0, 0.05) is 18.1 Å². The first-order valence-corrected chi connectivity index (χ1v) is 9.23. The summed E-state index contributed by atoms with van der Waals surface area (Å²) in [6.07, 6.45) is -0.304. The third-order valence-corrected chi connectivity index (χ3v) is 6.22. The Morgan fingerprint density at radius 1 is 1.17 bits per heavy atom. The number of morpholine rings is 1. The topological polar surface area (TPSA) is 46.6 Å². The lowest BCUT2D eigenvalue weighted by molar-refractivity contribution is -0.00256. The van der Waals surface area contributed by atoms with E-state index >= 15 is 0 Å². The van der Waals surface area contributed by atoms with Crippen LogP contribution in [0.5, 0.6) is 0 Å². The van der Waals surface area contributed by atoms with Gasteiger partial charge in [-0.05, 0) is 36.2 Å². The van der Waals surface area contributed by atoms with E-state index in [1.165, 1.54) is 4.31 Å². The fourth-order valence-electron chi connectivity index (χ4n) is 2.74. The van der Waals surface area contributed by atoms with Gasteiger partial charge in [-0.1, -0.05) is 41.9 Å². The molecule has 1 saturated heterocycles. The van der Waals surface area contributed by atoms with E-state index in [9.17, 15) is 8.42 Å². The highest BCUT2D eigenvalue weighted by molar-refractivity contribution is 7.89. The Bertz CT molecular complexity index is 807. The van der Waals surface area contributed by atoms with Gasteiger partial charge in [-0.15, -0.1) is 0 Å². The predicted molar refractivity (Wildman–Crippen MR) is 90.1 cm³/mol. The summed E-state index contributed by atoms with van der Waals surface area (Å²) < 4.78 is 33.0. The van der Waals surface area contributed by atoms with Crippen LogP contribution < -0.4 is 0 Å². The molecule has 2 aromatic rings. The molecule has 0 radical (unpaired) electrons. The third kappa shape index (κ3) is 3.43. The number of halogens is 1. The lowest BCUT2D eigenvalue weighted by Gasteiger charge is -2.32. The van der Waals surface area contributed by atoms with Gasteiger partial charge in [0.1, 0.15) is 0 Å². The molecular formula is C17H18ClNO3S. The Kier molecular flexibility index (Phi) is 4.73. The van der Waals surface area contributed by atoms with Crippen molar-refractivity contribution in [2.75, 3.05) is 19.7 Å². The zero-order valence-corrected chi connectivity index (χ0v) is 14.3. The lowest BCUT2D eigenvalue weighted by atomic mass is 10.1. The highest BCUT2D eigenvalue weighted by atomic mass is 35.5. The van der Waals surface area contributed by atoms with Crippen LogP contribution in [0.3, 0.4) is 0 Å². The normalized spacial score (nSPS) is 19.7. The lowest BCUT2D eigenvalue weighted by Crippen LogP contribution is -2.42. The molecule has 0 N–H and O–H groups in total. The Morgan fingerprint density at radius 3 is 2.70 bits per heavy atom. The van der Waals surface area contributed by atoms with Crippen molar-refractivity contribution in [3.05, 3.63) is 64.7 Å². The molecule has 1 atom stereocenters. The third-order valence-electron chi connectivity index (χ3n) is 3.96. The summed E-state index contributed by atoms with van der Waals surface area (Å²) in [6, 6.07) is 14.4. The van der Waals surface area contributed by atoms with Gasteiger partial charge >= 0.3 is 0 Å². The molecule has 0 aromatic heterocycles. The van der Waals surface area contributed by atoms with E-state index in [1.807, 2.05) is 37.3 Å². The van der Waals surface area contributed by atoms with Gasteiger partial charge in [0.15, 0.2) is 0 Å². The zero-order valence-electron chi connectivity index (χ0n) is 12.8. The minimum Gasteiger partial charge on any atom is -0.371 e. The largest absolute Gasteiger partial charge is 0.371 e. The molecule has 0 amide bonds. The van der Waals surface area contributed by atoms with Crippen molar-refractivity contribution in [3.8, 4) is 0 Å². The number of hydrogen-bond acceptors (Lipinski definition) is 3. The summed E-state index contributed by atoms with van der Waals surface area (Å²) in [4.78, 5) is 0.353. The smallest absolute Gasteiger partial charge is 0.243 e. The molecule has 2 aromatic carbocycles. The van der Waals surface area contributed by atoms with Gasteiger partial charge in [-0.2, -0.15) is 4.31 Å². The van der Waals surface area contributed by atoms with Crippen molar-refractivity contribution in [3.63, 3.8) is 0 Å². The van der Waals surface area contributed by atoms with Crippen LogP contribution in [0.25, 0.3) is 0 Å². The Labute approximate surface area is 141 Å². The molecule has 1 fully saturated rings. The van der Waals surface area contributed by atoms with Crippen molar-refractivity contribution in [1.82, 2.24) is 4.31 Å². The zero-order chi connectivity index (χ0) is 16.4. The maximum absolute atomic E-state index is 12.9. The molecule has 1 aliphatic heterocycles. The van der Waals surface area contributed by atoms with E-state index in [-0.39, 0.29) is 12.6 Å². The molecule has 0 bridgehead atoms. The van der Waals surface area contributed by atoms with Gasteiger partial charge in [0.05, 0.1) is 17.6 Å². The predicted octanol–water partition coefficient (Wildman–Crippen LogP) is 3.41. The SMILES string of the molecule is Cc1ccccc1S(=O)(=O)N1CCOC(c2cccc(Cl)c2)C1. The Hall–Kier alpha value is -1.40. The molecule has 1 aliphatic rings. The van der Waals surface area contributed by atoms with E-state index in [1.54, 1.807) is 18.2 Å². The number of sulfonamides is 1. The van der Waals surface area contributed by atoms with Crippen LogP contribution in [0.2, 0.25) is 5.02 Å². The maximum atomic E-state index is 12.9. The standard InChI is InChI=1S/C17H18ClNO3S/c1-13-5-2-3-8-17(13)23(20,21)19-9-10-22-16(12-19)14-6-4-7-15(18)11-14/h2-8,11,16H,9-10,12H2,1H3. The maximum Gasteiger partial charge on any atom is 0.243 e. The van der Waals surface area contributed by atoms with E-state index < -0.39 is 10.0 Å². The number of nitrogens with zero attached hydrogens (tertiary/aromatic N) is 1. The fourth-order valence-corrected chi connectivity index (χ4v) is 4.59. The van der Waals surface area contributed by atoms with Crippen LogP contribution in [0.4, 0.5) is 0 Å². The van der Waals surface area contributed by atoms with Crippen molar-refractivity contribution < 1.29 is 13.2 Å². The number of hydrogen-bond donors (Lipinski definition) is 0. The van der Waals surface area contributed by atoms with Gasteiger partial charge in [0.25, 0.3) is 0 Å². The first-order chi connectivity index (χ1) is 11.0. The summed E-state index contributed by atoms with van der Waals surface area (Å²) in [6.45, 7) is 2.81. The van der Waals surface area contributed by atoms with Gasteiger partial charge < -0.3 is 4.74 Å². The van der Waals surface area contributed by atoms with Crippen LogP contribution in [-0.4, -0.2) is 32.4 Å². The molecule has 0 saturated carbocycles. The molecule has 122 valence electrons. The van der Waals surface area contributed by atoms with E-state index in [0.29, 0.717) is 23.1 Å². The monoisotopic (exact) mass is 351 g/mol. The second-order valence-electron chi connectivity index (χ2n) is 5.54. The highest BCUT2D eigenvalue weighted by Crippen LogP contribution is 2.28. The molecule has 0 spiro atoms. The van der Waals surface area contributed by atoms with E-state index in [4.69, 9.17) is 16.3 Å². The molecule has 4 nitrogen and oxygen atoms in total. The molecular weight excluding hydrogens is 334 g/mol. The summed E-state index contributed by atoms with van der Waals surface area (Å²) in [5, 5.41) is 0.616. The molecule has 3 rings (SSSR count). The molecule has 0 aliphatic carbocycles. The molecule has 6 heteroatoms. The molecule has 1 unspecified atom stereocenters. The first-order valence-electron chi connectivity index (χ1n) is 7.41. The number of aryl methyl sites for hydroxylation is 1. The van der Waals surface area contributed by atoms with Gasteiger partial charge in [-0.25, -0.2) is 8.42 Å². The van der Waals surface area contributed by atoms with Crippen LogP contribution >= 0.6 is 11.6 Å². The van der Waals surface area contributed by atoms with Crippen LogP contribution in [-0.2, 0) is 14.8 Å². The molecule has 23 heavy (non-hydrogen) atoms. The van der Waals surface area contributed by atoms with E-state index in [0.717, 1.165) is 11.1 Å². The van der Waals surface area contributed by atoms with Crippen LogP contribution in [0.1, 0.15) is 17.2 Å². The molecule has 1 heterocycles. The van der Waals surface area contributed by atoms with E-state index in [2.05, 4.69) is 0 Å². The number of rotatable bonds is 3. The summed E-state index contributed by atoms with van der Waals surface area (Å²) in [5.41, 5.74) is 1.64. The Balaban J connectivity index is 1.88. The van der Waals surface area contributed by atoms with Crippen molar-refractivity contribution in [2.24, 2.45) is 0 Å². The summed E-state index contributed by atoms with van der Waals surface area (Å²) >= 11 is 6.02. The number of ether oxygens (including phenoxy) is 1.